The molecule has 146 valence electrons. The fraction of sp³-hybridized carbons (Fsp3) is 0.318. The van der Waals surface area contributed by atoms with Gasteiger partial charge in [0.15, 0.2) is 5.16 Å². The Morgan fingerprint density at radius 2 is 1.89 bits per heavy atom. The number of amides is 1. The van der Waals surface area contributed by atoms with Crippen molar-refractivity contribution in [3.63, 3.8) is 0 Å². The van der Waals surface area contributed by atoms with Crippen molar-refractivity contribution in [3.05, 3.63) is 63.9 Å². The van der Waals surface area contributed by atoms with Crippen molar-refractivity contribution in [2.45, 2.75) is 32.9 Å². The lowest BCUT2D eigenvalue weighted by Gasteiger charge is -2.16. The number of hydrogen-bond donors (Lipinski definition) is 1. The number of benzene rings is 2. The molecule has 0 aliphatic rings. The van der Waals surface area contributed by atoms with E-state index in [4.69, 9.17) is 4.98 Å². The predicted octanol–water partition coefficient (Wildman–Crippen LogP) is 3.87. The molecule has 0 unspecified atom stereocenters. The molecule has 0 aliphatic carbocycles. The van der Waals surface area contributed by atoms with Gasteiger partial charge in [0.1, 0.15) is 0 Å². The average Bonchev–Trinajstić information content (AvgIpc) is 2.67. The van der Waals surface area contributed by atoms with Crippen LogP contribution in [0.2, 0.25) is 0 Å². The second-order valence-corrected chi connectivity index (χ2v) is 8.20. The zero-order chi connectivity index (χ0) is 20.3. The van der Waals surface area contributed by atoms with Crippen LogP contribution in [-0.4, -0.2) is 27.8 Å². The van der Waals surface area contributed by atoms with E-state index in [0.717, 1.165) is 16.8 Å². The van der Waals surface area contributed by atoms with Gasteiger partial charge in [0, 0.05) is 6.54 Å². The number of carbonyl (C=O) groups is 1. The van der Waals surface area contributed by atoms with E-state index in [9.17, 15) is 9.59 Å². The summed E-state index contributed by atoms with van der Waals surface area (Å²) in [5.41, 5.74) is 3.44. The minimum absolute atomic E-state index is 0.0615. The van der Waals surface area contributed by atoms with Gasteiger partial charge in [-0.2, -0.15) is 0 Å². The zero-order valence-corrected chi connectivity index (χ0v) is 17.5. The Morgan fingerprint density at radius 3 is 2.64 bits per heavy atom. The summed E-state index contributed by atoms with van der Waals surface area (Å²) in [6, 6.07) is 13.2. The van der Waals surface area contributed by atoms with Crippen LogP contribution >= 0.6 is 11.8 Å². The van der Waals surface area contributed by atoms with E-state index in [1.165, 1.54) is 11.8 Å². The third-order valence-corrected chi connectivity index (χ3v) is 5.54. The highest BCUT2D eigenvalue weighted by molar-refractivity contribution is 7.99. The van der Waals surface area contributed by atoms with Crippen molar-refractivity contribution in [2.24, 2.45) is 5.92 Å². The van der Waals surface area contributed by atoms with Gasteiger partial charge in [-0.3, -0.25) is 14.2 Å². The molecule has 2 aromatic carbocycles. The van der Waals surface area contributed by atoms with E-state index in [1.54, 1.807) is 10.6 Å². The van der Waals surface area contributed by atoms with E-state index < -0.39 is 0 Å². The van der Waals surface area contributed by atoms with Gasteiger partial charge in [-0.25, -0.2) is 4.98 Å². The summed E-state index contributed by atoms with van der Waals surface area (Å²) in [7, 11) is 0. The molecule has 0 saturated heterocycles. The first-order valence-corrected chi connectivity index (χ1v) is 10.3. The minimum atomic E-state index is -0.121. The van der Waals surface area contributed by atoms with Gasteiger partial charge in [-0.15, -0.1) is 0 Å². The Kier molecular flexibility index (Phi) is 6.19. The molecule has 0 saturated carbocycles. The molecule has 0 fully saturated rings. The highest BCUT2D eigenvalue weighted by Gasteiger charge is 2.16. The minimum Gasteiger partial charge on any atom is -0.355 e. The maximum absolute atomic E-state index is 13.3. The van der Waals surface area contributed by atoms with E-state index in [0.29, 0.717) is 28.5 Å². The third kappa shape index (κ3) is 4.28. The molecule has 0 atom stereocenters. The van der Waals surface area contributed by atoms with E-state index in [1.807, 2.05) is 50.2 Å². The SMILES string of the molecule is Cc1cccc(-n2c(SCC(=O)NCC(C)C)nc3ccccc3c2=O)c1C. The average molecular weight is 396 g/mol. The molecule has 0 spiro atoms. The second kappa shape index (κ2) is 8.61. The molecule has 1 N–H and O–H groups in total. The van der Waals surface area contributed by atoms with Gasteiger partial charge in [0.05, 0.1) is 22.3 Å². The highest BCUT2D eigenvalue weighted by Crippen LogP contribution is 2.24. The summed E-state index contributed by atoms with van der Waals surface area (Å²) >= 11 is 1.29. The Labute approximate surface area is 169 Å². The highest BCUT2D eigenvalue weighted by atomic mass is 32.2. The van der Waals surface area contributed by atoms with Crippen molar-refractivity contribution in [2.75, 3.05) is 12.3 Å². The summed E-state index contributed by atoms with van der Waals surface area (Å²) < 4.78 is 1.63. The third-order valence-electron chi connectivity index (χ3n) is 4.60. The number of nitrogens with one attached hydrogen (secondary N) is 1. The first kappa shape index (κ1) is 20.1. The Bertz CT molecular complexity index is 1070. The molecule has 1 aromatic heterocycles. The number of carbonyl (C=O) groups excluding carboxylic acids is 1. The Balaban J connectivity index is 2.06. The van der Waals surface area contributed by atoms with Crippen LogP contribution in [0.1, 0.15) is 25.0 Å². The molecule has 5 nitrogen and oxygen atoms in total. The van der Waals surface area contributed by atoms with Gasteiger partial charge < -0.3 is 5.32 Å². The molecular weight excluding hydrogens is 370 g/mol. The number of hydrogen-bond acceptors (Lipinski definition) is 4. The Hall–Kier alpha value is -2.60. The quantitative estimate of drug-likeness (QED) is 0.508. The first-order valence-electron chi connectivity index (χ1n) is 9.36. The molecule has 0 radical (unpaired) electrons. The summed E-state index contributed by atoms with van der Waals surface area (Å²) in [5.74, 6) is 0.539. The summed E-state index contributed by atoms with van der Waals surface area (Å²) in [6.45, 7) is 8.75. The number of fused-ring (bicyclic) bond motifs is 1. The van der Waals surface area contributed by atoms with Crippen LogP contribution < -0.4 is 10.9 Å². The fourth-order valence-corrected chi connectivity index (χ4v) is 3.73. The lowest BCUT2D eigenvalue weighted by atomic mass is 10.1. The van der Waals surface area contributed by atoms with Crippen molar-refractivity contribution in [3.8, 4) is 5.69 Å². The first-order chi connectivity index (χ1) is 13.4. The number of para-hydroxylation sites is 1. The zero-order valence-electron chi connectivity index (χ0n) is 16.7. The fourth-order valence-electron chi connectivity index (χ4n) is 2.90. The molecule has 28 heavy (non-hydrogen) atoms. The summed E-state index contributed by atoms with van der Waals surface area (Å²) in [5, 5.41) is 4.00. The molecule has 0 aliphatic heterocycles. The predicted molar refractivity (Wildman–Crippen MR) is 115 cm³/mol. The molecule has 3 rings (SSSR count). The van der Waals surface area contributed by atoms with Crippen LogP contribution in [0.15, 0.2) is 52.4 Å². The number of aryl methyl sites for hydroxylation is 1. The van der Waals surface area contributed by atoms with Gasteiger partial charge in [0.2, 0.25) is 5.91 Å². The largest absolute Gasteiger partial charge is 0.355 e. The van der Waals surface area contributed by atoms with Crippen molar-refractivity contribution >= 4 is 28.6 Å². The van der Waals surface area contributed by atoms with Crippen molar-refractivity contribution in [1.82, 2.24) is 14.9 Å². The van der Waals surface area contributed by atoms with Gasteiger partial charge in [0.25, 0.3) is 5.56 Å². The van der Waals surface area contributed by atoms with Gasteiger partial charge in [-0.1, -0.05) is 49.9 Å². The summed E-state index contributed by atoms with van der Waals surface area (Å²) in [6.07, 6.45) is 0. The van der Waals surface area contributed by atoms with Gasteiger partial charge in [-0.05, 0) is 49.1 Å². The van der Waals surface area contributed by atoms with E-state index in [2.05, 4.69) is 19.2 Å². The van der Waals surface area contributed by atoms with E-state index >= 15 is 0 Å². The number of rotatable bonds is 6. The standard InChI is InChI=1S/C22H25N3O2S/c1-14(2)12-23-20(26)13-28-22-24-18-10-6-5-9-17(18)21(27)25(22)19-11-7-8-15(3)16(19)4/h5-11,14H,12-13H2,1-4H3,(H,23,26). The Morgan fingerprint density at radius 1 is 1.14 bits per heavy atom. The lowest BCUT2D eigenvalue weighted by Crippen LogP contribution is -2.29. The van der Waals surface area contributed by atoms with E-state index in [-0.39, 0.29) is 17.2 Å². The second-order valence-electron chi connectivity index (χ2n) is 7.26. The van der Waals surface area contributed by atoms with Crippen LogP contribution in [0.5, 0.6) is 0 Å². The lowest BCUT2D eigenvalue weighted by molar-refractivity contribution is -0.118. The smallest absolute Gasteiger partial charge is 0.266 e. The van der Waals surface area contributed by atoms with Crippen LogP contribution in [0.4, 0.5) is 0 Å². The topological polar surface area (TPSA) is 64.0 Å². The molecule has 1 heterocycles. The van der Waals surface area contributed by atoms with Gasteiger partial charge >= 0.3 is 0 Å². The number of aromatic nitrogens is 2. The maximum Gasteiger partial charge on any atom is 0.266 e. The number of nitrogens with zero attached hydrogens (tertiary/aromatic N) is 2. The van der Waals surface area contributed by atoms with Crippen LogP contribution in [-0.2, 0) is 4.79 Å². The number of thioether (sulfide) groups is 1. The molecule has 6 heteroatoms. The monoisotopic (exact) mass is 395 g/mol. The molecule has 0 bridgehead atoms. The van der Waals surface area contributed by atoms with Crippen LogP contribution in [0.3, 0.4) is 0 Å². The molecular formula is C22H25N3O2S. The molecule has 1 amide bonds. The van der Waals surface area contributed by atoms with Crippen molar-refractivity contribution < 1.29 is 4.79 Å². The molecule has 3 aromatic rings. The normalized spacial score (nSPS) is 11.2. The van der Waals surface area contributed by atoms with Crippen molar-refractivity contribution in [1.29, 1.82) is 0 Å². The van der Waals surface area contributed by atoms with Crippen LogP contribution in [0, 0.1) is 19.8 Å². The maximum atomic E-state index is 13.3. The summed E-state index contributed by atoms with van der Waals surface area (Å²) in [4.78, 5) is 30.2. The van der Waals surface area contributed by atoms with Crippen LogP contribution in [0.25, 0.3) is 16.6 Å².